The summed E-state index contributed by atoms with van der Waals surface area (Å²) in [4.78, 5) is 32.0. The molecule has 1 N–H and O–H groups in total. The predicted molar refractivity (Wildman–Crippen MR) is 116 cm³/mol. The smallest absolute Gasteiger partial charge is 0.263 e. The van der Waals surface area contributed by atoms with Crippen LogP contribution in [0.3, 0.4) is 0 Å². The highest BCUT2D eigenvalue weighted by Gasteiger charge is 2.21. The van der Waals surface area contributed by atoms with E-state index in [4.69, 9.17) is 4.98 Å². The van der Waals surface area contributed by atoms with Gasteiger partial charge in [-0.1, -0.05) is 31.7 Å². The standard InChI is InChI=1S/C19H23N3O2S3/c1-5-22-18(24)15-13(14-7-6-8-25-14)10-26-17(15)21-19(22)27-12(4)16(23)20-9-11(2)3/h6-8,10-12H,5,9H2,1-4H3,(H,20,23)/t12-/m1/s1. The molecule has 5 nitrogen and oxygen atoms in total. The van der Waals surface area contributed by atoms with Crippen molar-refractivity contribution in [2.24, 2.45) is 5.92 Å². The summed E-state index contributed by atoms with van der Waals surface area (Å²) in [5, 5.41) is 7.90. The van der Waals surface area contributed by atoms with Gasteiger partial charge in [0.25, 0.3) is 5.56 Å². The van der Waals surface area contributed by atoms with E-state index < -0.39 is 0 Å². The number of hydrogen-bond acceptors (Lipinski definition) is 6. The van der Waals surface area contributed by atoms with Gasteiger partial charge in [-0.05, 0) is 31.2 Å². The van der Waals surface area contributed by atoms with E-state index in [1.54, 1.807) is 15.9 Å². The molecule has 0 spiro atoms. The summed E-state index contributed by atoms with van der Waals surface area (Å²) in [5.41, 5.74) is 0.911. The van der Waals surface area contributed by atoms with Crippen LogP contribution in [0.15, 0.2) is 32.8 Å². The molecule has 0 aliphatic rings. The lowest BCUT2D eigenvalue weighted by Gasteiger charge is -2.15. The maximum Gasteiger partial charge on any atom is 0.263 e. The summed E-state index contributed by atoms with van der Waals surface area (Å²) in [6.07, 6.45) is 0. The molecule has 0 fully saturated rings. The molecule has 8 heteroatoms. The van der Waals surface area contributed by atoms with E-state index >= 15 is 0 Å². The lowest BCUT2D eigenvalue weighted by atomic mass is 10.2. The van der Waals surface area contributed by atoms with Crippen LogP contribution in [-0.4, -0.2) is 27.3 Å². The van der Waals surface area contributed by atoms with Gasteiger partial charge in [-0.2, -0.15) is 0 Å². The largest absolute Gasteiger partial charge is 0.355 e. The molecule has 1 atom stereocenters. The summed E-state index contributed by atoms with van der Waals surface area (Å²) in [5.74, 6) is 0.368. The number of aromatic nitrogens is 2. The summed E-state index contributed by atoms with van der Waals surface area (Å²) in [7, 11) is 0. The van der Waals surface area contributed by atoms with Crippen LogP contribution in [-0.2, 0) is 11.3 Å². The number of thiophene rings is 2. The van der Waals surface area contributed by atoms with E-state index in [1.165, 1.54) is 23.1 Å². The van der Waals surface area contributed by atoms with Crippen molar-refractivity contribution < 1.29 is 4.79 Å². The van der Waals surface area contributed by atoms with Crippen molar-refractivity contribution in [2.75, 3.05) is 6.54 Å². The number of carbonyl (C=O) groups excluding carboxylic acids is 1. The Morgan fingerprint density at radius 3 is 2.74 bits per heavy atom. The minimum atomic E-state index is -0.317. The van der Waals surface area contributed by atoms with Crippen molar-refractivity contribution in [1.82, 2.24) is 14.9 Å². The van der Waals surface area contributed by atoms with Crippen LogP contribution < -0.4 is 10.9 Å². The van der Waals surface area contributed by atoms with Crippen molar-refractivity contribution in [3.8, 4) is 10.4 Å². The topological polar surface area (TPSA) is 64.0 Å². The average molecular weight is 422 g/mol. The first-order chi connectivity index (χ1) is 12.9. The van der Waals surface area contributed by atoms with Gasteiger partial charge >= 0.3 is 0 Å². The van der Waals surface area contributed by atoms with Gasteiger partial charge in [-0.25, -0.2) is 4.98 Å². The fourth-order valence-corrected chi connectivity index (χ4v) is 5.45. The Kier molecular flexibility index (Phi) is 6.39. The molecule has 0 aromatic carbocycles. The summed E-state index contributed by atoms with van der Waals surface area (Å²) >= 11 is 4.43. The molecule has 27 heavy (non-hydrogen) atoms. The van der Waals surface area contributed by atoms with Gasteiger partial charge in [0, 0.05) is 28.9 Å². The van der Waals surface area contributed by atoms with Gasteiger partial charge in [0.05, 0.1) is 10.6 Å². The molecule has 0 saturated heterocycles. The fourth-order valence-electron chi connectivity index (χ4n) is 2.65. The Bertz CT molecular complexity index is 990. The van der Waals surface area contributed by atoms with Crippen LogP contribution in [0, 0.1) is 5.92 Å². The van der Waals surface area contributed by atoms with Crippen LogP contribution in [0.1, 0.15) is 27.7 Å². The van der Waals surface area contributed by atoms with Gasteiger partial charge in [-0.15, -0.1) is 22.7 Å². The van der Waals surface area contributed by atoms with Gasteiger partial charge in [0.15, 0.2) is 5.16 Å². The zero-order chi connectivity index (χ0) is 19.6. The van der Waals surface area contributed by atoms with E-state index in [0.29, 0.717) is 29.6 Å². The van der Waals surface area contributed by atoms with Crippen LogP contribution in [0.4, 0.5) is 0 Å². The lowest BCUT2D eigenvalue weighted by Crippen LogP contribution is -2.34. The molecular formula is C19H23N3O2S3. The van der Waals surface area contributed by atoms with Crippen molar-refractivity contribution in [1.29, 1.82) is 0 Å². The van der Waals surface area contributed by atoms with Crippen molar-refractivity contribution in [2.45, 2.75) is 44.6 Å². The minimum absolute atomic E-state index is 0.0313. The summed E-state index contributed by atoms with van der Waals surface area (Å²) in [6, 6.07) is 4.00. The average Bonchev–Trinajstić information content (AvgIpc) is 3.29. The molecule has 3 rings (SSSR count). The Morgan fingerprint density at radius 1 is 1.33 bits per heavy atom. The molecule has 3 aromatic rings. The fraction of sp³-hybridized carbons (Fsp3) is 0.421. The SMILES string of the molecule is CCn1c(S[C@H](C)C(=O)NCC(C)C)nc2scc(-c3cccs3)c2c1=O. The number of thioether (sulfide) groups is 1. The van der Waals surface area contributed by atoms with E-state index in [-0.39, 0.29) is 16.7 Å². The Morgan fingerprint density at radius 2 is 2.11 bits per heavy atom. The summed E-state index contributed by atoms with van der Waals surface area (Å²) in [6.45, 7) is 9.06. The molecular weight excluding hydrogens is 398 g/mol. The van der Waals surface area contributed by atoms with Crippen molar-refractivity contribution in [3.63, 3.8) is 0 Å². The molecule has 0 aliphatic heterocycles. The maximum atomic E-state index is 13.1. The Balaban J connectivity index is 1.95. The third-order valence-corrected chi connectivity index (χ3v) is 6.96. The highest BCUT2D eigenvalue weighted by Crippen LogP contribution is 2.35. The molecule has 1 amide bonds. The number of amides is 1. The minimum Gasteiger partial charge on any atom is -0.355 e. The van der Waals surface area contributed by atoms with Crippen LogP contribution in [0.25, 0.3) is 20.7 Å². The zero-order valence-corrected chi connectivity index (χ0v) is 18.3. The first-order valence-electron chi connectivity index (χ1n) is 8.92. The summed E-state index contributed by atoms with van der Waals surface area (Å²) < 4.78 is 1.67. The Hall–Kier alpha value is -1.64. The first kappa shape index (κ1) is 20.1. The molecule has 3 aromatic heterocycles. The molecule has 3 heterocycles. The van der Waals surface area contributed by atoms with Crippen LogP contribution >= 0.6 is 34.4 Å². The second-order valence-corrected chi connectivity index (χ2v) is 9.76. The second kappa shape index (κ2) is 8.58. The van der Waals surface area contributed by atoms with Crippen molar-refractivity contribution in [3.05, 3.63) is 33.2 Å². The number of rotatable bonds is 7. The number of carbonyl (C=O) groups is 1. The molecule has 0 unspecified atom stereocenters. The lowest BCUT2D eigenvalue weighted by molar-refractivity contribution is -0.120. The zero-order valence-electron chi connectivity index (χ0n) is 15.8. The number of hydrogen-bond donors (Lipinski definition) is 1. The number of nitrogens with zero attached hydrogens (tertiary/aromatic N) is 2. The normalized spacial score (nSPS) is 12.6. The van der Waals surface area contributed by atoms with E-state index in [1.807, 2.05) is 36.7 Å². The highest BCUT2D eigenvalue weighted by molar-refractivity contribution is 8.00. The second-order valence-electron chi connectivity index (χ2n) is 6.65. The van der Waals surface area contributed by atoms with Crippen LogP contribution in [0.5, 0.6) is 0 Å². The van der Waals surface area contributed by atoms with E-state index in [0.717, 1.165) is 15.3 Å². The number of nitrogens with one attached hydrogen (secondary N) is 1. The van der Waals surface area contributed by atoms with Gasteiger partial charge in [-0.3, -0.25) is 14.2 Å². The van der Waals surface area contributed by atoms with Crippen molar-refractivity contribution >= 4 is 50.6 Å². The number of fused-ring (bicyclic) bond motifs is 1. The maximum absolute atomic E-state index is 13.1. The van der Waals surface area contributed by atoms with Gasteiger partial charge in [0.2, 0.25) is 5.91 Å². The van der Waals surface area contributed by atoms with E-state index in [2.05, 4.69) is 19.2 Å². The highest BCUT2D eigenvalue weighted by atomic mass is 32.2. The van der Waals surface area contributed by atoms with Gasteiger partial charge in [0.1, 0.15) is 4.83 Å². The molecule has 0 bridgehead atoms. The molecule has 144 valence electrons. The quantitative estimate of drug-likeness (QED) is 0.452. The van der Waals surface area contributed by atoms with E-state index in [9.17, 15) is 9.59 Å². The van der Waals surface area contributed by atoms with Gasteiger partial charge < -0.3 is 5.32 Å². The monoisotopic (exact) mass is 421 g/mol. The predicted octanol–water partition coefficient (Wildman–Crippen LogP) is 4.46. The molecule has 0 aliphatic carbocycles. The molecule has 0 saturated carbocycles. The molecule has 0 radical (unpaired) electrons. The Labute approximate surface area is 170 Å². The third-order valence-electron chi connectivity index (χ3n) is 4.10. The third kappa shape index (κ3) is 4.28. The first-order valence-corrected chi connectivity index (χ1v) is 11.6. The van der Waals surface area contributed by atoms with Crippen LogP contribution in [0.2, 0.25) is 0 Å².